The summed E-state index contributed by atoms with van der Waals surface area (Å²) < 4.78 is 24.4. The van der Waals surface area contributed by atoms with Gasteiger partial charge in [-0.15, -0.1) is 0 Å². The lowest BCUT2D eigenvalue weighted by Gasteiger charge is -2.33. The Balaban J connectivity index is 1.68. The number of piperazine rings is 1. The molecule has 0 radical (unpaired) electrons. The number of amides is 4. The van der Waals surface area contributed by atoms with Crippen LogP contribution in [0.15, 0.2) is 24.3 Å². The van der Waals surface area contributed by atoms with Gasteiger partial charge in [0.25, 0.3) is 5.91 Å². The molecule has 152 valence electrons. The number of hydrogen-bond acceptors (Lipinski definition) is 5. The lowest BCUT2D eigenvalue weighted by Crippen LogP contribution is -2.53. The topological polar surface area (TPSA) is 107 Å². The van der Waals surface area contributed by atoms with Crippen LogP contribution in [0, 0.1) is 6.92 Å². The Morgan fingerprint density at radius 2 is 1.68 bits per heavy atom. The smallest absolute Gasteiger partial charge is 0.325 e. The lowest BCUT2D eigenvalue weighted by molar-refractivity contribution is -0.139. The Labute approximate surface area is 164 Å². The molecule has 2 aliphatic heterocycles. The number of carbonyl (C=O) groups is 3. The van der Waals surface area contributed by atoms with Crippen LogP contribution in [0.25, 0.3) is 0 Å². The van der Waals surface area contributed by atoms with Crippen molar-refractivity contribution in [3.05, 3.63) is 35.4 Å². The van der Waals surface area contributed by atoms with E-state index in [1.807, 2.05) is 19.1 Å². The number of urea groups is 1. The van der Waals surface area contributed by atoms with Crippen molar-refractivity contribution in [1.82, 2.24) is 19.4 Å². The first kappa shape index (κ1) is 20.3. The highest BCUT2D eigenvalue weighted by molar-refractivity contribution is 7.88. The van der Waals surface area contributed by atoms with E-state index in [9.17, 15) is 22.8 Å². The molecule has 1 aromatic rings. The first-order valence-corrected chi connectivity index (χ1v) is 10.8. The molecule has 10 heteroatoms. The number of imide groups is 1. The molecule has 2 heterocycles. The van der Waals surface area contributed by atoms with E-state index >= 15 is 0 Å². The summed E-state index contributed by atoms with van der Waals surface area (Å²) in [6.45, 7) is 4.03. The van der Waals surface area contributed by atoms with Crippen LogP contribution in [-0.4, -0.2) is 79.3 Å². The molecule has 0 saturated carbocycles. The fourth-order valence-corrected chi connectivity index (χ4v) is 4.25. The van der Waals surface area contributed by atoms with E-state index in [1.54, 1.807) is 19.1 Å². The van der Waals surface area contributed by atoms with Gasteiger partial charge in [-0.25, -0.2) is 13.2 Å². The van der Waals surface area contributed by atoms with Crippen LogP contribution >= 0.6 is 0 Å². The minimum atomic E-state index is -3.30. The number of nitrogens with one attached hydrogen (secondary N) is 1. The molecule has 0 unspecified atom stereocenters. The second kappa shape index (κ2) is 7.17. The molecule has 1 N–H and O–H groups in total. The number of hydrogen-bond donors (Lipinski definition) is 1. The monoisotopic (exact) mass is 408 g/mol. The SMILES string of the molecule is Cc1ccc([C@]2(C)NC(=O)N(CC(=O)N3CCN(S(C)(=O)=O)CC3)C2=O)cc1. The van der Waals surface area contributed by atoms with Crippen molar-refractivity contribution < 1.29 is 22.8 Å². The molecular weight excluding hydrogens is 384 g/mol. The summed E-state index contributed by atoms with van der Waals surface area (Å²) in [4.78, 5) is 40.3. The third-order valence-corrected chi connectivity index (χ3v) is 6.56. The standard InChI is InChI=1S/C18H24N4O5S/c1-13-4-6-14(7-5-13)18(2)16(24)22(17(25)19-18)12-15(23)20-8-10-21(11-9-20)28(3,26)27/h4-7H,8-12H2,1-3H3,(H,19,25)/t18-/m0/s1. The predicted molar refractivity (Wildman–Crippen MR) is 102 cm³/mol. The Kier molecular flexibility index (Phi) is 5.20. The van der Waals surface area contributed by atoms with Crippen molar-refractivity contribution in [1.29, 1.82) is 0 Å². The zero-order chi connectivity index (χ0) is 20.7. The maximum absolute atomic E-state index is 12.9. The minimum absolute atomic E-state index is 0.200. The normalized spacial score (nSPS) is 23.8. The quantitative estimate of drug-likeness (QED) is 0.698. The van der Waals surface area contributed by atoms with Gasteiger partial charge in [0.2, 0.25) is 15.9 Å². The first-order chi connectivity index (χ1) is 13.0. The summed E-state index contributed by atoms with van der Waals surface area (Å²) >= 11 is 0. The molecule has 1 aromatic carbocycles. The Morgan fingerprint density at radius 1 is 1.11 bits per heavy atom. The fourth-order valence-electron chi connectivity index (χ4n) is 3.43. The third-order valence-electron chi connectivity index (χ3n) is 5.26. The maximum atomic E-state index is 12.9. The highest BCUT2D eigenvalue weighted by Gasteiger charge is 2.49. The summed E-state index contributed by atoms with van der Waals surface area (Å²) in [7, 11) is -3.30. The second-order valence-electron chi connectivity index (χ2n) is 7.36. The van der Waals surface area contributed by atoms with Crippen LogP contribution in [-0.2, 0) is 25.2 Å². The van der Waals surface area contributed by atoms with E-state index in [4.69, 9.17) is 0 Å². The molecule has 0 aromatic heterocycles. The van der Waals surface area contributed by atoms with Crippen LogP contribution in [0.2, 0.25) is 0 Å². The number of rotatable bonds is 4. The number of carbonyl (C=O) groups excluding carboxylic acids is 3. The van der Waals surface area contributed by atoms with E-state index in [2.05, 4.69) is 5.32 Å². The Bertz CT molecular complexity index is 906. The van der Waals surface area contributed by atoms with Crippen molar-refractivity contribution in [2.24, 2.45) is 0 Å². The van der Waals surface area contributed by atoms with Gasteiger partial charge < -0.3 is 10.2 Å². The lowest BCUT2D eigenvalue weighted by atomic mass is 9.91. The number of sulfonamides is 1. The first-order valence-electron chi connectivity index (χ1n) is 8.96. The highest BCUT2D eigenvalue weighted by Crippen LogP contribution is 2.29. The zero-order valence-corrected chi connectivity index (χ0v) is 17.0. The zero-order valence-electron chi connectivity index (χ0n) is 16.1. The maximum Gasteiger partial charge on any atom is 0.325 e. The van der Waals surface area contributed by atoms with E-state index in [1.165, 1.54) is 9.21 Å². The van der Waals surface area contributed by atoms with Crippen LogP contribution in [0.5, 0.6) is 0 Å². The molecule has 2 fully saturated rings. The number of benzene rings is 1. The fraction of sp³-hybridized carbons (Fsp3) is 0.500. The van der Waals surface area contributed by atoms with E-state index < -0.39 is 27.5 Å². The van der Waals surface area contributed by atoms with Crippen molar-refractivity contribution in [3.8, 4) is 0 Å². The second-order valence-corrected chi connectivity index (χ2v) is 9.34. The molecule has 0 aliphatic carbocycles. The van der Waals surface area contributed by atoms with E-state index in [0.29, 0.717) is 5.56 Å². The molecule has 2 saturated heterocycles. The van der Waals surface area contributed by atoms with Crippen LogP contribution < -0.4 is 5.32 Å². The third kappa shape index (κ3) is 3.74. The summed E-state index contributed by atoms with van der Waals surface area (Å²) in [5.74, 6) is -0.866. The molecule has 1 atom stereocenters. The van der Waals surface area contributed by atoms with Crippen molar-refractivity contribution in [3.63, 3.8) is 0 Å². The van der Waals surface area contributed by atoms with Crippen LogP contribution in [0.4, 0.5) is 4.79 Å². The average molecular weight is 408 g/mol. The van der Waals surface area contributed by atoms with Gasteiger partial charge in [-0.2, -0.15) is 4.31 Å². The van der Waals surface area contributed by atoms with Crippen molar-refractivity contribution in [2.75, 3.05) is 39.0 Å². The van der Waals surface area contributed by atoms with E-state index in [0.717, 1.165) is 16.7 Å². The Morgan fingerprint density at radius 3 is 2.21 bits per heavy atom. The predicted octanol–water partition coefficient (Wildman–Crippen LogP) is -0.134. The molecule has 0 spiro atoms. The molecule has 3 rings (SSSR count). The molecule has 0 bridgehead atoms. The van der Waals surface area contributed by atoms with Crippen molar-refractivity contribution in [2.45, 2.75) is 19.4 Å². The Hall–Kier alpha value is -2.46. The van der Waals surface area contributed by atoms with Gasteiger partial charge in [-0.3, -0.25) is 14.5 Å². The van der Waals surface area contributed by atoms with Gasteiger partial charge in [-0.1, -0.05) is 29.8 Å². The van der Waals surface area contributed by atoms with Gasteiger partial charge in [-0.05, 0) is 19.4 Å². The summed E-state index contributed by atoms with van der Waals surface area (Å²) in [5.41, 5.74) is 0.456. The van der Waals surface area contributed by atoms with Gasteiger partial charge in [0.05, 0.1) is 6.26 Å². The summed E-state index contributed by atoms with van der Waals surface area (Å²) in [6.07, 6.45) is 1.13. The number of aryl methyl sites for hydroxylation is 1. The largest absolute Gasteiger partial charge is 0.338 e. The van der Waals surface area contributed by atoms with Crippen LogP contribution in [0.3, 0.4) is 0 Å². The minimum Gasteiger partial charge on any atom is -0.338 e. The number of nitrogens with zero attached hydrogens (tertiary/aromatic N) is 3. The molecule has 9 nitrogen and oxygen atoms in total. The molecular formula is C18H24N4O5S. The van der Waals surface area contributed by atoms with Gasteiger partial charge in [0.1, 0.15) is 12.1 Å². The highest BCUT2D eigenvalue weighted by atomic mass is 32.2. The van der Waals surface area contributed by atoms with E-state index in [-0.39, 0.29) is 38.6 Å². The molecule has 4 amide bonds. The van der Waals surface area contributed by atoms with Crippen molar-refractivity contribution >= 4 is 27.9 Å². The van der Waals surface area contributed by atoms with Gasteiger partial charge in [0.15, 0.2) is 0 Å². The van der Waals surface area contributed by atoms with Gasteiger partial charge >= 0.3 is 6.03 Å². The molecule has 2 aliphatic rings. The molecule has 28 heavy (non-hydrogen) atoms. The summed E-state index contributed by atoms with van der Waals surface area (Å²) in [5, 5.41) is 2.68. The van der Waals surface area contributed by atoms with Crippen LogP contribution in [0.1, 0.15) is 18.1 Å². The van der Waals surface area contributed by atoms with Gasteiger partial charge in [0, 0.05) is 26.2 Å². The summed E-state index contributed by atoms with van der Waals surface area (Å²) in [6, 6.07) is 6.66. The average Bonchev–Trinajstić information content (AvgIpc) is 2.85.